The van der Waals surface area contributed by atoms with Crippen LogP contribution in [0.15, 0.2) is 11.6 Å². The number of carbonyl (C=O) groups excluding carboxylic acids is 1. The number of nitriles is 1. The van der Waals surface area contributed by atoms with Gasteiger partial charge < -0.3 is 14.2 Å². The summed E-state index contributed by atoms with van der Waals surface area (Å²) < 4.78 is 7.26. The van der Waals surface area contributed by atoms with E-state index in [9.17, 15) is 10.1 Å². The standard InChI is InChI=1S/C15H19N3O2/c1-11-8-13(12(2)17(11)3)9-14(10-16)15(19)18-4-6-20-7-5-18/h8-9H,4-7H2,1-3H3/b14-9+. The molecule has 20 heavy (non-hydrogen) atoms. The molecule has 106 valence electrons. The van der Waals surface area contributed by atoms with Crippen molar-refractivity contribution < 1.29 is 9.53 Å². The molecule has 1 aliphatic heterocycles. The van der Waals surface area contributed by atoms with Crippen molar-refractivity contribution in [3.8, 4) is 6.07 Å². The molecular weight excluding hydrogens is 254 g/mol. The number of hydrogen-bond acceptors (Lipinski definition) is 3. The smallest absolute Gasteiger partial charge is 0.264 e. The maximum absolute atomic E-state index is 12.3. The highest BCUT2D eigenvalue weighted by molar-refractivity contribution is 6.01. The third-order valence-corrected chi connectivity index (χ3v) is 3.76. The van der Waals surface area contributed by atoms with Gasteiger partial charge in [0.1, 0.15) is 11.6 Å². The lowest BCUT2D eigenvalue weighted by molar-refractivity contribution is -0.130. The molecule has 5 heteroatoms. The number of hydrogen-bond donors (Lipinski definition) is 0. The van der Waals surface area contributed by atoms with Crippen LogP contribution in [0, 0.1) is 25.2 Å². The second-order valence-electron chi connectivity index (χ2n) is 4.96. The first kappa shape index (κ1) is 14.4. The van der Waals surface area contributed by atoms with Gasteiger partial charge >= 0.3 is 0 Å². The zero-order chi connectivity index (χ0) is 14.7. The third kappa shape index (κ3) is 2.75. The Balaban J connectivity index is 2.27. The maximum Gasteiger partial charge on any atom is 0.264 e. The van der Waals surface area contributed by atoms with E-state index < -0.39 is 0 Å². The molecule has 5 nitrogen and oxygen atoms in total. The molecule has 0 aromatic carbocycles. The molecule has 1 aliphatic rings. The van der Waals surface area contributed by atoms with Crippen LogP contribution in [0.1, 0.15) is 17.0 Å². The number of amides is 1. The average Bonchev–Trinajstić information content (AvgIpc) is 2.72. The Hall–Kier alpha value is -2.06. The lowest BCUT2D eigenvalue weighted by Crippen LogP contribution is -2.41. The van der Waals surface area contributed by atoms with Crippen molar-refractivity contribution in [2.24, 2.45) is 7.05 Å². The Morgan fingerprint density at radius 1 is 1.40 bits per heavy atom. The number of carbonyl (C=O) groups is 1. The molecule has 1 fully saturated rings. The number of nitrogens with zero attached hydrogens (tertiary/aromatic N) is 3. The number of aryl methyl sites for hydroxylation is 1. The molecule has 0 atom stereocenters. The molecule has 1 aromatic heterocycles. The molecule has 2 rings (SSSR count). The molecule has 0 saturated carbocycles. The van der Waals surface area contributed by atoms with Crippen molar-refractivity contribution in [2.75, 3.05) is 26.3 Å². The first-order valence-corrected chi connectivity index (χ1v) is 6.66. The van der Waals surface area contributed by atoms with E-state index in [1.54, 1.807) is 11.0 Å². The summed E-state index contributed by atoms with van der Waals surface area (Å²) in [5.41, 5.74) is 3.25. The number of morpholine rings is 1. The quantitative estimate of drug-likeness (QED) is 0.604. The van der Waals surface area contributed by atoms with Gasteiger partial charge in [0.2, 0.25) is 0 Å². The summed E-state index contributed by atoms with van der Waals surface area (Å²) in [5.74, 6) is -0.211. The zero-order valence-electron chi connectivity index (χ0n) is 12.1. The molecule has 2 heterocycles. The summed E-state index contributed by atoms with van der Waals surface area (Å²) in [5, 5.41) is 9.25. The van der Waals surface area contributed by atoms with Crippen LogP contribution in [0.2, 0.25) is 0 Å². The SMILES string of the molecule is Cc1cc(/C=C(\C#N)C(=O)N2CCOCC2)c(C)n1C. The van der Waals surface area contributed by atoms with Crippen molar-refractivity contribution in [3.63, 3.8) is 0 Å². The van der Waals surface area contributed by atoms with E-state index in [1.165, 1.54) is 0 Å². The van der Waals surface area contributed by atoms with E-state index in [0.717, 1.165) is 17.0 Å². The van der Waals surface area contributed by atoms with E-state index in [0.29, 0.717) is 26.3 Å². The van der Waals surface area contributed by atoms with Crippen LogP contribution in [-0.4, -0.2) is 41.7 Å². The van der Waals surface area contributed by atoms with Crippen LogP contribution >= 0.6 is 0 Å². The highest BCUT2D eigenvalue weighted by Gasteiger charge is 2.21. The Morgan fingerprint density at radius 3 is 2.55 bits per heavy atom. The fourth-order valence-corrected chi connectivity index (χ4v) is 2.26. The summed E-state index contributed by atoms with van der Waals surface area (Å²) in [6, 6.07) is 4.01. The molecule has 1 amide bonds. The second-order valence-corrected chi connectivity index (χ2v) is 4.96. The summed E-state index contributed by atoms with van der Waals surface area (Å²) in [4.78, 5) is 14.0. The maximum atomic E-state index is 12.3. The number of ether oxygens (including phenoxy) is 1. The van der Waals surface area contributed by atoms with Gasteiger partial charge in [-0.25, -0.2) is 0 Å². The average molecular weight is 273 g/mol. The molecule has 0 unspecified atom stereocenters. The van der Waals surface area contributed by atoms with E-state index in [1.807, 2.05) is 37.6 Å². The minimum Gasteiger partial charge on any atom is -0.378 e. The van der Waals surface area contributed by atoms with Crippen molar-refractivity contribution in [2.45, 2.75) is 13.8 Å². The summed E-state index contributed by atoms with van der Waals surface area (Å²) >= 11 is 0. The van der Waals surface area contributed by atoms with Crippen molar-refractivity contribution in [1.82, 2.24) is 9.47 Å². The second kappa shape index (κ2) is 5.93. The van der Waals surface area contributed by atoms with E-state index in [-0.39, 0.29) is 11.5 Å². The normalized spacial score (nSPS) is 16.1. The molecule has 1 saturated heterocycles. The van der Waals surface area contributed by atoms with Crippen LogP contribution in [0.25, 0.3) is 6.08 Å². The van der Waals surface area contributed by atoms with Gasteiger partial charge in [-0.15, -0.1) is 0 Å². The number of rotatable bonds is 2. The van der Waals surface area contributed by atoms with E-state index >= 15 is 0 Å². The van der Waals surface area contributed by atoms with Gasteiger partial charge in [0.15, 0.2) is 0 Å². The molecule has 0 spiro atoms. The fourth-order valence-electron chi connectivity index (χ4n) is 2.26. The molecule has 0 N–H and O–H groups in total. The topological polar surface area (TPSA) is 58.3 Å². The van der Waals surface area contributed by atoms with Crippen LogP contribution in [0.5, 0.6) is 0 Å². The first-order chi connectivity index (χ1) is 9.54. The Kier molecular flexibility index (Phi) is 4.26. The molecule has 0 aliphatic carbocycles. The Bertz CT molecular complexity index is 587. The van der Waals surface area contributed by atoms with Gasteiger partial charge in [-0.2, -0.15) is 5.26 Å². The largest absolute Gasteiger partial charge is 0.378 e. The fraction of sp³-hybridized carbons (Fsp3) is 0.467. The van der Waals surface area contributed by atoms with E-state index in [2.05, 4.69) is 0 Å². The molecule has 0 radical (unpaired) electrons. The van der Waals surface area contributed by atoms with Crippen LogP contribution in [0.3, 0.4) is 0 Å². The summed E-state index contributed by atoms with van der Waals surface area (Å²) in [6.07, 6.45) is 1.68. The Morgan fingerprint density at radius 2 is 2.05 bits per heavy atom. The minimum absolute atomic E-state index is 0.181. The summed E-state index contributed by atoms with van der Waals surface area (Å²) in [6.45, 7) is 6.14. The third-order valence-electron chi connectivity index (χ3n) is 3.76. The lowest BCUT2D eigenvalue weighted by Gasteiger charge is -2.26. The van der Waals surface area contributed by atoms with Crippen molar-refractivity contribution in [3.05, 3.63) is 28.6 Å². The lowest BCUT2D eigenvalue weighted by atomic mass is 10.1. The zero-order valence-corrected chi connectivity index (χ0v) is 12.1. The minimum atomic E-state index is -0.211. The predicted octanol–water partition coefficient (Wildman–Crippen LogP) is 1.41. The summed E-state index contributed by atoms with van der Waals surface area (Å²) in [7, 11) is 1.97. The van der Waals surface area contributed by atoms with Gasteiger partial charge in [0.05, 0.1) is 13.2 Å². The van der Waals surface area contributed by atoms with Crippen LogP contribution in [0.4, 0.5) is 0 Å². The monoisotopic (exact) mass is 273 g/mol. The van der Waals surface area contributed by atoms with Crippen molar-refractivity contribution in [1.29, 1.82) is 5.26 Å². The Labute approximate surface area is 119 Å². The first-order valence-electron chi connectivity index (χ1n) is 6.66. The van der Waals surface area contributed by atoms with Gasteiger partial charge in [0, 0.05) is 31.5 Å². The highest BCUT2D eigenvalue weighted by atomic mass is 16.5. The van der Waals surface area contributed by atoms with Crippen LogP contribution < -0.4 is 0 Å². The van der Waals surface area contributed by atoms with Crippen LogP contribution in [-0.2, 0) is 16.6 Å². The van der Waals surface area contributed by atoms with Crippen molar-refractivity contribution >= 4 is 12.0 Å². The van der Waals surface area contributed by atoms with E-state index in [4.69, 9.17) is 4.74 Å². The molecule has 1 aromatic rings. The molecule has 0 bridgehead atoms. The van der Waals surface area contributed by atoms with Gasteiger partial charge in [-0.05, 0) is 31.6 Å². The highest BCUT2D eigenvalue weighted by Crippen LogP contribution is 2.17. The van der Waals surface area contributed by atoms with Gasteiger partial charge in [-0.3, -0.25) is 4.79 Å². The van der Waals surface area contributed by atoms with Gasteiger partial charge in [0.25, 0.3) is 5.91 Å². The number of aromatic nitrogens is 1. The molecular formula is C15H19N3O2. The predicted molar refractivity (Wildman–Crippen MR) is 75.9 cm³/mol. The van der Waals surface area contributed by atoms with Gasteiger partial charge in [-0.1, -0.05) is 0 Å².